The topological polar surface area (TPSA) is 12.5 Å². The molecule has 0 N–H and O–H groups in total. The van der Waals surface area contributed by atoms with E-state index >= 15 is 0 Å². The largest absolute Gasteiger partial charge is 0.366 e. The Labute approximate surface area is 57.8 Å². The van der Waals surface area contributed by atoms with E-state index < -0.39 is 0 Å². The Balaban J connectivity index is 3.68. The Morgan fingerprint density at radius 3 is 1.67 bits per heavy atom. The van der Waals surface area contributed by atoms with E-state index in [0.29, 0.717) is 5.92 Å². The van der Waals surface area contributed by atoms with Gasteiger partial charge in [-0.3, -0.25) is 4.90 Å². The van der Waals surface area contributed by atoms with Gasteiger partial charge in [0, 0.05) is 7.11 Å². The van der Waals surface area contributed by atoms with Crippen molar-refractivity contribution in [2.24, 2.45) is 5.92 Å². The maximum absolute atomic E-state index is 5.20. The van der Waals surface area contributed by atoms with Crippen LogP contribution in [0.1, 0.15) is 13.8 Å². The highest BCUT2D eigenvalue weighted by molar-refractivity contribution is 4.56. The first-order chi connectivity index (χ1) is 4.09. The summed E-state index contributed by atoms with van der Waals surface area (Å²) in [5, 5.41) is 0. The summed E-state index contributed by atoms with van der Waals surface area (Å²) in [5.41, 5.74) is 0. The summed E-state index contributed by atoms with van der Waals surface area (Å²) >= 11 is 0. The summed E-state index contributed by atoms with van der Waals surface area (Å²) in [6.07, 6.45) is 0.255. The number of methoxy groups -OCH3 is 1. The summed E-state index contributed by atoms with van der Waals surface area (Å²) in [4.78, 5) is 2.07. The van der Waals surface area contributed by atoms with Crippen molar-refractivity contribution in [3.8, 4) is 0 Å². The lowest BCUT2D eigenvalue weighted by Crippen LogP contribution is -2.34. The van der Waals surface area contributed by atoms with Gasteiger partial charge in [0.05, 0.1) is 0 Å². The molecule has 0 aromatic heterocycles. The molecule has 1 atom stereocenters. The van der Waals surface area contributed by atoms with Gasteiger partial charge in [0.15, 0.2) is 0 Å². The van der Waals surface area contributed by atoms with Crippen molar-refractivity contribution in [2.45, 2.75) is 20.1 Å². The molecule has 0 aliphatic carbocycles. The third-order valence-corrected chi connectivity index (χ3v) is 1.32. The van der Waals surface area contributed by atoms with Crippen LogP contribution < -0.4 is 0 Å². The Morgan fingerprint density at radius 1 is 1.22 bits per heavy atom. The minimum Gasteiger partial charge on any atom is -0.366 e. The molecule has 0 rings (SSSR count). The molecule has 0 spiro atoms. The van der Waals surface area contributed by atoms with Gasteiger partial charge in [-0.2, -0.15) is 0 Å². The van der Waals surface area contributed by atoms with Crippen molar-refractivity contribution >= 4 is 0 Å². The van der Waals surface area contributed by atoms with E-state index in [0.717, 1.165) is 0 Å². The summed E-state index contributed by atoms with van der Waals surface area (Å²) in [7, 11) is 5.78. The summed E-state index contributed by atoms with van der Waals surface area (Å²) in [6, 6.07) is 0. The Hall–Kier alpha value is -0.0800. The second-order valence-electron chi connectivity index (χ2n) is 2.83. The smallest absolute Gasteiger partial charge is 0.112 e. The fourth-order valence-electron chi connectivity index (χ4n) is 1.08. The van der Waals surface area contributed by atoms with E-state index in [1.165, 1.54) is 0 Å². The van der Waals surface area contributed by atoms with E-state index in [1.807, 2.05) is 14.1 Å². The molecule has 2 nitrogen and oxygen atoms in total. The van der Waals surface area contributed by atoms with Gasteiger partial charge in [0.25, 0.3) is 0 Å². The van der Waals surface area contributed by atoms with Crippen LogP contribution in [-0.4, -0.2) is 32.3 Å². The molecule has 0 aromatic rings. The van der Waals surface area contributed by atoms with E-state index in [-0.39, 0.29) is 6.23 Å². The van der Waals surface area contributed by atoms with Crippen LogP contribution >= 0.6 is 0 Å². The molecule has 0 aliphatic heterocycles. The predicted octanol–water partition coefficient (Wildman–Crippen LogP) is 1.18. The number of rotatable bonds is 3. The molecule has 56 valence electrons. The Morgan fingerprint density at radius 2 is 1.67 bits per heavy atom. The van der Waals surface area contributed by atoms with Crippen LogP contribution in [0.4, 0.5) is 0 Å². The van der Waals surface area contributed by atoms with Gasteiger partial charge >= 0.3 is 0 Å². The molecular formula is C7H17NO. The minimum absolute atomic E-state index is 0.255. The fourth-order valence-corrected chi connectivity index (χ4v) is 1.08. The molecule has 0 radical (unpaired) electrons. The van der Waals surface area contributed by atoms with Gasteiger partial charge in [-0.25, -0.2) is 0 Å². The first-order valence-corrected chi connectivity index (χ1v) is 3.28. The Kier molecular flexibility index (Phi) is 3.82. The molecule has 0 fully saturated rings. The van der Waals surface area contributed by atoms with E-state index in [9.17, 15) is 0 Å². The monoisotopic (exact) mass is 131 g/mol. The zero-order valence-corrected chi connectivity index (χ0v) is 7.01. The lowest BCUT2D eigenvalue weighted by Gasteiger charge is -2.25. The fraction of sp³-hybridized carbons (Fsp3) is 1.00. The molecule has 0 amide bonds. The highest BCUT2D eigenvalue weighted by Crippen LogP contribution is 2.06. The first kappa shape index (κ1) is 8.92. The first-order valence-electron chi connectivity index (χ1n) is 3.28. The molecule has 0 saturated carbocycles. The van der Waals surface area contributed by atoms with Crippen molar-refractivity contribution in [3.63, 3.8) is 0 Å². The van der Waals surface area contributed by atoms with Crippen molar-refractivity contribution in [1.29, 1.82) is 0 Å². The highest BCUT2D eigenvalue weighted by atomic mass is 16.5. The van der Waals surface area contributed by atoms with Gasteiger partial charge in [0.2, 0.25) is 0 Å². The van der Waals surface area contributed by atoms with Gasteiger partial charge < -0.3 is 4.74 Å². The molecule has 9 heavy (non-hydrogen) atoms. The third-order valence-electron chi connectivity index (χ3n) is 1.32. The quantitative estimate of drug-likeness (QED) is 0.533. The predicted molar refractivity (Wildman–Crippen MR) is 39.3 cm³/mol. The van der Waals surface area contributed by atoms with Gasteiger partial charge in [-0.1, -0.05) is 13.8 Å². The summed E-state index contributed by atoms with van der Waals surface area (Å²) in [5.74, 6) is 0.560. The molecule has 0 aliphatic rings. The molecule has 0 aromatic carbocycles. The van der Waals surface area contributed by atoms with Crippen LogP contribution in [0.25, 0.3) is 0 Å². The summed E-state index contributed by atoms with van der Waals surface area (Å²) in [6.45, 7) is 4.29. The van der Waals surface area contributed by atoms with Crippen molar-refractivity contribution < 1.29 is 4.74 Å². The van der Waals surface area contributed by atoms with Crippen LogP contribution in [0.5, 0.6) is 0 Å². The van der Waals surface area contributed by atoms with Gasteiger partial charge in [-0.05, 0) is 20.0 Å². The maximum atomic E-state index is 5.20. The maximum Gasteiger partial charge on any atom is 0.112 e. The van der Waals surface area contributed by atoms with E-state index in [1.54, 1.807) is 7.11 Å². The lowest BCUT2D eigenvalue weighted by molar-refractivity contribution is -0.0357. The number of hydrogen-bond acceptors (Lipinski definition) is 2. The molecule has 0 saturated heterocycles. The number of hydrogen-bond donors (Lipinski definition) is 0. The van der Waals surface area contributed by atoms with Crippen LogP contribution in [0.15, 0.2) is 0 Å². The SMILES string of the molecule is COC(C(C)C)N(C)C. The van der Waals surface area contributed by atoms with Crippen LogP contribution in [-0.2, 0) is 4.74 Å². The van der Waals surface area contributed by atoms with Gasteiger partial charge in [0.1, 0.15) is 6.23 Å². The Bertz CT molecular complexity index is 63.3. The van der Waals surface area contributed by atoms with E-state index in [2.05, 4.69) is 18.7 Å². The molecule has 0 bridgehead atoms. The molecule has 0 heterocycles. The average Bonchev–Trinajstić information content (AvgIpc) is 1.64. The van der Waals surface area contributed by atoms with E-state index in [4.69, 9.17) is 4.74 Å². The van der Waals surface area contributed by atoms with Crippen LogP contribution in [0, 0.1) is 5.92 Å². The van der Waals surface area contributed by atoms with Crippen molar-refractivity contribution in [1.82, 2.24) is 4.90 Å². The van der Waals surface area contributed by atoms with Crippen LogP contribution in [0.2, 0.25) is 0 Å². The second kappa shape index (κ2) is 3.85. The van der Waals surface area contributed by atoms with Gasteiger partial charge in [-0.15, -0.1) is 0 Å². The zero-order chi connectivity index (χ0) is 7.44. The average molecular weight is 131 g/mol. The standard InChI is InChI=1S/C7H17NO/c1-6(2)7(9-5)8(3)4/h6-7H,1-5H3. The summed E-state index contributed by atoms with van der Waals surface area (Å²) < 4.78 is 5.20. The molecule has 2 heteroatoms. The number of nitrogens with zero attached hydrogens (tertiary/aromatic N) is 1. The molecule has 1 unspecified atom stereocenters. The normalized spacial score (nSPS) is 15.0. The van der Waals surface area contributed by atoms with Crippen molar-refractivity contribution in [2.75, 3.05) is 21.2 Å². The van der Waals surface area contributed by atoms with Crippen molar-refractivity contribution in [3.05, 3.63) is 0 Å². The second-order valence-corrected chi connectivity index (χ2v) is 2.83. The third kappa shape index (κ3) is 2.82. The van der Waals surface area contributed by atoms with Crippen LogP contribution in [0.3, 0.4) is 0 Å². The lowest BCUT2D eigenvalue weighted by atomic mass is 10.2. The highest BCUT2D eigenvalue weighted by Gasteiger charge is 2.12. The number of ether oxygens (including phenoxy) is 1. The zero-order valence-electron chi connectivity index (χ0n) is 7.01. The molecular weight excluding hydrogens is 114 g/mol. The minimum atomic E-state index is 0.255.